The summed E-state index contributed by atoms with van der Waals surface area (Å²) in [4.78, 5) is 0. The smallest absolute Gasteiger partial charge is 0.123 e. The Kier molecular flexibility index (Phi) is 5.82. The van der Waals surface area contributed by atoms with Crippen molar-refractivity contribution in [2.45, 2.75) is 32.7 Å². The average molecular weight is 283 g/mol. The number of ether oxygens (including phenoxy) is 1. The standard InChI is InChI=1S/C19H25NO/c1-4-20-18(17-11-7-8-12-19(17)21-3)14-13-16-10-6-5-9-15(16)2/h5-12,18,20H,4,13-14H2,1-3H3. The summed E-state index contributed by atoms with van der Waals surface area (Å²) < 4.78 is 5.51. The molecule has 2 heteroatoms. The molecule has 0 saturated heterocycles. The van der Waals surface area contributed by atoms with E-state index in [-0.39, 0.29) is 0 Å². The van der Waals surface area contributed by atoms with Crippen molar-refractivity contribution in [2.24, 2.45) is 0 Å². The van der Waals surface area contributed by atoms with Gasteiger partial charge < -0.3 is 10.1 Å². The van der Waals surface area contributed by atoms with Crippen LogP contribution >= 0.6 is 0 Å². The van der Waals surface area contributed by atoms with Crippen LogP contribution in [0.1, 0.15) is 36.1 Å². The molecule has 0 amide bonds. The van der Waals surface area contributed by atoms with E-state index in [4.69, 9.17) is 4.74 Å². The van der Waals surface area contributed by atoms with Crippen LogP contribution in [0.2, 0.25) is 0 Å². The summed E-state index contributed by atoms with van der Waals surface area (Å²) in [5.41, 5.74) is 4.04. The van der Waals surface area contributed by atoms with Gasteiger partial charge >= 0.3 is 0 Å². The molecule has 2 aromatic rings. The van der Waals surface area contributed by atoms with Crippen molar-refractivity contribution in [1.29, 1.82) is 0 Å². The lowest BCUT2D eigenvalue weighted by Gasteiger charge is -2.21. The monoisotopic (exact) mass is 283 g/mol. The van der Waals surface area contributed by atoms with Gasteiger partial charge in [0.25, 0.3) is 0 Å². The molecular weight excluding hydrogens is 258 g/mol. The van der Waals surface area contributed by atoms with Crippen LogP contribution in [0.25, 0.3) is 0 Å². The first-order valence-electron chi connectivity index (χ1n) is 7.67. The van der Waals surface area contributed by atoms with Gasteiger partial charge in [-0.2, -0.15) is 0 Å². The fraction of sp³-hybridized carbons (Fsp3) is 0.368. The second-order valence-electron chi connectivity index (χ2n) is 5.32. The molecule has 0 saturated carbocycles. The highest BCUT2D eigenvalue weighted by molar-refractivity contribution is 5.36. The van der Waals surface area contributed by atoms with E-state index in [1.54, 1.807) is 7.11 Å². The highest BCUT2D eigenvalue weighted by atomic mass is 16.5. The average Bonchev–Trinajstić information content (AvgIpc) is 2.53. The summed E-state index contributed by atoms with van der Waals surface area (Å²) in [5, 5.41) is 3.58. The van der Waals surface area contributed by atoms with Crippen LogP contribution in [0.5, 0.6) is 5.75 Å². The van der Waals surface area contributed by atoms with Crippen molar-refractivity contribution >= 4 is 0 Å². The molecule has 2 nitrogen and oxygen atoms in total. The van der Waals surface area contributed by atoms with Gasteiger partial charge in [0.05, 0.1) is 7.11 Å². The highest BCUT2D eigenvalue weighted by Crippen LogP contribution is 2.28. The zero-order chi connectivity index (χ0) is 15.1. The third-order valence-corrected chi connectivity index (χ3v) is 3.93. The van der Waals surface area contributed by atoms with E-state index >= 15 is 0 Å². The van der Waals surface area contributed by atoms with Gasteiger partial charge in [0.15, 0.2) is 0 Å². The van der Waals surface area contributed by atoms with Crippen LogP contribution in [0, 0.1) is 6.92 Å². The lowest BCUT2D eigenvalue weighted by Crippen LogP contribution is -2.22. The summed E-state index contributed by atoms with van der Waals surface area (Å²) in [6.07, 6.45) is 2.14. The van der Waals surface area contributed by atoms with Gasteiger partial charge in [-0.05, 0) is 43.5 Å². The second-order valence-corrected chi connectivity index (χ2v) is 5.32. The molecule has 0 fully saturated rings. The van der Waals surface area contributed by atoms with Crippen LogP contribution in [0.3, 0.4) is 0 Å². The number of hydrogen-bond donors (Lipinski definition) is 1. The van der Waals surface area contributed by atoms with E-state index in [0.717, 1.165) is 25.1 Å². The topological polar surface area (TPSA) is 21.3 Å². The zero-order valence-electron chi connectivity index (χ0n) is 13.2. The predicted molar refractivity (Wildman–Crippen MR) is 88.9 cm³/mol. The number of nitrogens with one attached hydrogen (secondary N) is 1. The molecule has 0 bridgehead atoms. The summed E-state index contributed by atoms with van der Waals surface area (Å²) in [5.74, 6) is 0.966. The largest absolute Gasteiger partial charge is 0.496 e. The molecule has 0 aliphatic heterocycles. The van der Waals surface area contributed by atoms with Crippen LogP contribution in [0.15, 0.2) is 48.5 Å². The lowest BCUT2D eigenvalue weighted by molar-refractivity contribution is 0.396. The Hall–Kier alpha value is -1.80. The molecule has 1 atom stereocenters. The Morgan fingerprint density at radius 3 is 2.48 bits per heavy atom. The molecule has 2 rings (SSSR count). The molecule has 1 N–H and O–H groups in total. The third kappa shape index (κ3) is 4.08. The first-order valence-corrected chi connectivity index (χ1v) is 7.67. The van der Waals surface area contributed by atoms with Crippen LogP contribution in [-0.4, -0.2) is 13.7 Å². The number of methoxy groups -OCH3 is 1. The van der Waals surface area contributed by atoms with Gasteiger partial charge in [-0.25, -0.2) is 0 Å². The fourth-order valence-corrected chi connectivity index (χ4v) is 2.76. The third-order valence-electron chi connectivity index (χ3n) is 3.93. The minimum Gasteiger partial charge on any atom is -0.496 e. The van der Waals surface area contributed by atoms with Gasteiger partial charge in [-0.15, -0.1) is 0 Å². The lowest BCUT2D eigenvalue weighted by atomic mass is 9.96. The van der Waals surface area contributed by atoms with Crippen molar-refractivity contribution in [3.8, 4) is 5.75 Å². The maximum Gasteiger partial charge on any atom is 0.123 e. The molecule has 2 aromatic carbocycles. The van der Waals surface area contributed by atoms with Gasteiger partial charge in [-0.1, -0.05) is 49.4 Å². The minimum absolute atomic E-state index is 0.325. The quantitative estimate of drug-likeness (QED) is 0.818. The molecule has 112 valence electrons. The van der Waals surface area contributed by atoms with Crippen molar-refractivity contribution in [3.05, 3.63) is 65.2 Å². The number of para-hydroxylation sites is 1. The van der Waals surface area contributed by atoms with Crippen LogP contribution < -0.4 is 10.1 Å². The van der Waals surface area contributed by atoms with Crippen LogP contribution in [0.4, 0.5) is 0 Å². The van der Waals surface area contributed by atoms with E-state index in [1.165, 1.54) is 16.7 Å². The van der Waals surface area contributed by atoms with Crippen molar-refractivity contribution < 1.29 is 4.74 Å². The molecule has 0 aliphatic rings. The van der Waals surface area contributed by atoms with Gasteiger partial charge in [0, 0.05) is 11.6 Å². The Labute approximate surface area is 128 Å². The minimum atomic E-state index is 0.325. The van der Waals surface area contributed by atoms with Gasteiger partial charge in [0.1, 0.15) is 5.75 Å². The summed E-state index contributed by atoms with van der Waals surface area (Å²) in [6, 6.07) is 17.2. The Balaban J connectivity index is 2.14. The van der Waals surface area contributed by atoms with Crippen molar-refractivity contribution in [1.82, 2.24) is 5.32 Å². The maximum absolute atomic E-state index is 5.51. The van der Waals surface area contributed by atoms with Crippen molar-refractivity contribution in [3.63, 3.8) is 0 Å². The first kappa shape index (κ1) is 15.6. The SMILES string of the molecule is CCNC(CCc1ccccc1C)c1ccccc1OC. The maximum atomic E-state index is 5.51. The molecule has 0 aliphatic carbocycles. The highest BCUT2D eigenvalue weighted by Gasteiger charge is 2.15. The van der Waals surface area contributed by atoms with Crippen LogP contribution in [-0.2, 0) is 6.42 Å². The number of aryl methyl sites for hydroxylation is 2. The number of hydrogen-bond acceptors (Lipinski definition) is 2. The molecule has 21 heavy (non-hydrogen) atoms. The molecular formula is C19H25NO. The molecule has 0 radical (unpaired) electrons. The number of rotatable bonds is 7. The normalized spacial score (nSPS) is 12.1. The Morgan fingerprint density at radius 1 is 1.05 bits per heavy atom. The number of benzene rings is 2. The second kappa shape index (κ2) is 7.84. The fourth-order valence-electron chi connectivity index (χ4n) is 2.76. The zero-order valence-corrected chi connectivity index (χ0v) is 13.2. The summed E-state index contributed by atoms with van der Waals surface area (Å²) in [6.45, 7) is 5.29. The van der Waals surface area contributed by atoms with E-state index < -0.39 is 0 Å². The molecule has 0 spiro atoms. The molecule has 0 aromatic heterocycles. The van der Waals surface area contributed by atoms with E-state index in [0.29, 0.717) is 6.04 Å². The summed E-state index contributed by atoms with van der Waals surface area (Å²) >= 11 is 0. The Bertz CT molecular complexity index is 565. The van der Waals surface area contributed by atoms with Gasteiger partial charge in [-0.3, -0.25) is 0 Å². The van der Waals surface area contributed by atoms with E-state index in [1.807, 2.05) is 12.1 Å². The molecule has 0 heterocycles. The van der Waals surface area contributed by atoms with E-state index in [9.17, 15) is 0 Å². The van der Waals surface area contributed by atoms with Gasteiger partial charge in [0.2, 0.25) is 0 Å². The summed E-state index contributed by atoms with van der Waals surface area (Å²) in [7, 11) is 1.74. The Morgan fingerprint density at radius 2 is 1.76 bits per heavy atom. The van der Waals surface area contributed by atoms with Crippen molar-refractivity contribution in [2.75, 3.05) is 13.7 Å². The van der Waals surface area contributed by atoms with E-state index in [2.05, 4.69) is 55.6 Å². The predicted octanol–water partition coefficient (Wildman–Crippen LogP) is 4.29. The molecule has 1 unspecified atom stereocenters. The first-order chi connectivity index (χ1) is 10.3.